The summed E-state index contributed by atoms with van der Waals surface area (Å²) < 4.78 is 11.0. The largest absolute Gasteiger partial charge is 0.497 e. The van der Waals surface area contributed by atoms with Crippen LogP contribution in [0.5, 0.6) is 11.5 Å². The number of methoxy groups -OCH3 is 1. The van der Waals surface area contributed by atoms with Gasteiger partial charge < -0.3 is 9.47 Å². The van der Waals surface area contributed by atoms with E-state index in [0.29, 0.717) is 28.2 Å². The number of nitro groups is 1. The van der Waals surface area contributed by atoms with Crippen LogP contribution in [0, 0.1) is 41.7 Å². The molecule has 1 fully saturated rings. The van der Waals surface area contributed by atoms with Gasteiger partial charge in [-0.05, 0) is 60.4 Å². The maximum atomic E-state index is 14.1. The molecule has 0 bridgehead atoms. The monoisotopic (exact) mass is 524 g/mol. The first-order valence-electron chi connectivity index (χ1n) is 12.5. The van der Waals surface area contributed by atoms with Crippen LogP contribution in [0.15, 0.2) is 66.7 Å². The number of nitrogens with zero attached hydrogens (tertiary/aromatic N) is 2. The van der Waals surface area contributed by atoms with Gasteiger partial charge in [-0.25, -0.2) is 4.90 Å². The summed E-state index contributed by atoms with van der Waals surface area (Å²) in [4.78, 5) is 53.4. The van der Waals surface area contributed by atoms with Crippen molar-refractivity contribution in [3.05, 3.63) is 99.1 Å². The smallest absolute Gasteiger partial charge is 0.319 e. The van der Waals surface area contributed by atoms with Crippen molar-refractivity contribution in [2.75, 3.05) is 12.0 Å². The number of fused-ring (bicyclic) bond motifs is 5. The number of nitro benzene ring substituents is 1. The molecule has 4 atom stereocenters. The summed E-state index contributed by atoms with van der Waals surface area (Å²) >= 11 is 0. The van der Waals surface area contributed by atoms with Gasteiger partial charge in [0.15, 0.2) is 0 Å². The van der Waals surface area contributed by atoms with Crippen molar-refractivity contribution in [1.29, 1.82) is 0 Å². The Balaban J connectivity index is 1.53. The molecule has 0 N–H and O–H groups in total. The molecule has 0 unspecified atom stereocenters. The molecule has 0 aromatic heterocycles. The zero-order chi connectivity index (χ0) is 27.6. The van der Waals surface area contributed by atoms with Gasteiger partial charge in [-0.3, -0.25) is 24.5 Å². The number of amides is 2. The molecule has 0 spiro atoms. The maximum Gasteiger partial charge on any atom is 0.319 e. The number of imide groups is 1. The molecule has 1 aliphatic carbocycles. The van der Waals surface area contributed by atoms with Crippen LogP contribution in [-0.4, -0.2) is 29.8 Å². The van der Waals surface area contributed by atoms with Crippen molar-refractivity contribution in [3.8, 4) is 11.5 Å². The predicted octanol–water partition coefficient (Wildman–Crippen LogP) is 4.74. The number of benzene rings is 3. The van der Waals surface area contributed by atoms with E-state index in [4.69, 9.17) is 9.47 Å². The highest BCUT2D eigenvalue weighted by Crippen LogP contribution is 2.55. The molecule has 39 heavy (non-hydrogen) atoms. The van der Waals surface area contributed by atoms with Crippen LogP contribution in [0.2, 0.25) is 0 Å². The minimum Gasteiger partial charge on any atom is -0.497 e. The standard InChI is InChI=1S/C30H24N2O7/c1-15-4-10-20-22-14-21(17-5-8-19(38-3)9-6-17)25-27(26(22)30(35)39-24(20)12-15)29(34)31(28(25)33)23-11-7-18(32(36)37)13-16(23)2/h4-14,21,25-27H,1-3H3/t21-,25-,26-,27-/m0/s1. The topological polar surface area (TPSA) is 116 Å². The summed E-state index contributed by atoms with van der Waals surface area (Å²) in [7, 11) is 1.56. The van der Waals surface area contributed by atoms with Crippen molar-refractivity contribution >= 4 is 34.7 Å². The van der Waals surface area contributed by atoms with Gasteiger partial charge in [0.05, 0.1) is 35.5 Å². The second-order valence-corrected chi connectivity index (χ2v) is 10.1. The number of carbonyl (C=O) groups is 3. The van der Waals surface area contributed by atoms with Gasteiger partial charge in [0.1, 0.15) is 11.5 Å². The molecule has 2 aliphatic heterocycles. The van der Waals surface area contributed by atoms with E-state index < -0.39 is 46.4 Å². The van der Waals surface area contributed by atoms with Crippen LogP contribution in [0.25, 0.3) is 5.57 Å². The van der Waals surface area contributed by atoms with E-state index in [0.717, 1.165) is 16.0 Å². The Hall–Kier alpha value is -4.79. The maximum absolute atomic E-state index is 14.1. The number of carbonyl (C=O) groups excluding carboxylic acids is 3. The van der Waals surface area contributed by atoms with Gasteiger partial charge in [0, 0.05) is 23.6 Å². The fourth-order valence-electron chi connectivity index (χ4n) is 6.06. The zero-order valence-corrected chi connectivity index (χ0v) is 21.4. The molecule has 3 aromatic rings. The summed E-state index contributed by atoms with van der Waals surface area (Å²) in [6, 6.07) is 16.9. The summed E-state index contributed by atoms with van der Waals surface area (Å²) in [6.07, 6.45) is 1.92. The summed E-state index contributed by atoms with van der Waals surface area (Å²) in [5, 5.41) is 11.3. The Labute approximate surface area is 223 Å². The van der Waals surface area contributed by atoms with E-state index in [-0.39, 0.29) is 11.4 Å². The van der Waals surface area contributed by atoms with Crippen LogP contribution in [0.1, 0.15) is 28.2 Å². The summed E-state index contributed by atoms with van der Waals surface area (Å²) in [5.74, 6) is -3.82. The fraction of sp³-hybridized carbons (Fsp3) is 0.233. The molecule has 9 nitrogen and oxygen atoms in total. The third-order valence-electron chi connectivity index (χ3n) is 7.88. The predicted molar refractivity (Wildman–Crippen MR) is 141 cm³/mol. The molecule has 3 aromatic carbocycles. The first-order valence-corrected chi connectivity index (χ1v) is 12.5. The highest BCUT2D eigenvalue weighted by Gasteiger charge is 2.60. The number of hydrogen-bond acceptors (Lipinski definition) is 7. The molecular weight excluding hydrogens is 500 g/mol. The van der Waals surface area contributed by atoms with Crippen molar-refractivity contribution in [3.63, 3.8) is 0 Å². The average molecular weight is 525 g/mol. The van der Waals surface area contributed by atoms with Gasteiger partial charge in [0.25, 0.3) is 5.69 Å². The van der Waals surface area contributed by atoms with Crippen molar-refractivity contribution in [1.82, 2.24) is 0 Å². The Kier molecular flexibility index (Phi) is 5.60. The van der Waals surface area contributed by atoms with Gasteiger partial charge in [-0.1, -0.05) is 30.3 Å². The molecule has 9 heteroatoms. The molecular formula is C30H24N2O7. The van der Waals surface area contributed by atoms with E-state index in [2.05, 4.69) is 0 Å². The average Bonchev–Trinajstić information content (AvgIpc) is 3.17. The number of ether oxygens (including phenoxy) is 2. The minimum atomic E-state index is -0.999. The Morgan fingerprint density at radius 3 is 2.31 bits per heavy atom. The number of non-ortho nitro benzene ring substituents is 1. The lowest BCUT2D eigenvalue weighted by Gasteiger charge is -2.38. The van der Waals surface area contributed by atoms with Gasteiger partial charge >= 0.3 is 5.97 Å². The van der Waals surface area contributed by atoms with Crippen molar-refractivity contribution in [2.24, 2.45) is 17.8 Å². The highest BCUT2D eigenvalue weighted by atomic mass is 16.6. The lowest BCUT2D eigenvalue weighted by Crippen LogP contribution is -2.42. The highest BCUT2D eigenvalue weighted by molar-refractivity contribution is 6.25. The molecule has 2 amide bonds. The Morgan fingerprint density at radius 1 is 0.923 bits per heavy atom. The lowest BCUT2D eigenvalue weighted by atomic mass is 9.64. The Bertz CT molecular complexity index is 1610. The van der Waals surface area contributed by atoms with Crippen LogP contribution in [0.3, 0.4) is 0 Å². The summed E-state index contributed by atoms with van der Waals surface area (Å²) in [5.41, 5.74) is 3.63. The van der Waals surface area contributed by atoms with Crippen LogP contribution < -0.4 is 14.4 Å². The normalized spacial score (nSPS) is 23.4. The van der Waals surface area contributed by atoms with Crippen molar-refractivity contribution < 1.29 is 28.8 Å². The van der Waals surface area contributed by atoms with Gasteiger partial charge in [0.2, 0.25) is 11.8 Å². The van der Waals surface area contributed by atoms with E-state index >= 15 is 0 Å². The lowest BCUT2D eigenvalue weighted by molar-refractivity contribution is -0.384. The van der Waals surface area contributed by atoms with E-state index in [9.17, 15) is 24.5 Å². The van der Waals surface area contributed by atoms with E-state index in [1.54, 1.807) is 32.2 Å². The van der Waals surface area contributed by atoms with Crippen molar-refractivity contribution in [2.45, 2.75) is 19.8 Å². The van der Waals surface area contributed by atoms with Gasteiger partial charge in [-0.2, -0.15) is 0 Å². The molecule has 0 radical (unpaired) electrons. The first-order chi connectivity index (χ1) is 18.7. The molecule has 0 saturated carbocycles. The number of allylic oxidation sites excluding steroid dienone is 1. The molecule has 1 saturated heterocycles. The quantitative estimate of drug-likeness (QED) is 0.159. The number of esters is 1. The van der Waals surface area contributed by atoms with E-state index in [1.165, 1.54) is 18.2 Å². The first kappa shape index (κ1) is 24.5. The van der Waals surface area contributed by atoms with Crippen LogP contribution in [-0.2, 0) is 14.4 Å². The molecule has 6 rings (SSSR count). The second kappa shape index (κ2) is 8.90. The molecule has 2 heterocycles. The van der Waals surface area contributed by atoms with Gasteiger partial charge in [-0.15, -0.1) is 0 Å². The number of anilines is 1. The summed E-state index contributed by atoms with van der Waals surface area (Å²) in [6.45, 7) is 3.51. The molecule has 196 valence electrons. The fourth-order valence-corrected chi connectivity index (χ4v) is 6.06. The Morgan fingerprint density at radius 2 is 1.64 bits per heavy atom. The van der Waals surface area contributed by atoms with Crippen LogP contribution >= 0.6 is 0 Å². The molecule has 3 aliphatic rings. The third-order valence-corrected chi connectivity index (χ3v) is 7.88. The second-order valence-electron chi connectivity index (χ2n) is 10.1. The van der Waals surface area contributed by atoms with Crippen LogP contribution in [0.4, 0.5) is 11.4 Å². The third kappa shape index (κ3) is 3.72. The van der Waals surface area contributed by atoms with E-state index in [1.807, 2.05) is 37.3 Å². The SMILES string of the molecule is COc1ccc([C@@H]2C=C3c4ccc(C)cc4OC(=O)[C@@H]3[C@H]3C(=O)N(c4ccc([N+](=O)[O-])cc4C)C(=O)[C@H]32)cc1. The zero-order valence-electron chi connectivity index (χ0n) is 21.4. The minimum absolute atomic E-state index is 0.143. The number of aryl methyl sites for hydroxylation is 2. The number of rotatable bonds is 4. The number of hydrogen-bond donors (Lipinski definition) is 0.